The number of rotatable bonds is 4. The molecule has 0 radical (unpaired) electrons. The lowest BCUT2D eigenvalue weighted by atomic mass is 10.1. The number of hydrogen-bond donors (Lipinski definition) is 1. The molecule has 7 nitrogen and oxygen atoms in total. The maximum absolute atomic E-state index is 13.5. The molecule has 1 saturated heterocycles. The van der Waals surface area contributed by atoms with Crippen LogP contribution in [0.15, 0.2) is 18.2 Å². The third-order valence-corrected chi connectivity index (χ3v) is 3.69. The quantitative estimate of drug-likeness (QED) is 0.819. The predicted octanol–water partition coefficient (Wildman–Crippen LogP) is -0.125. The van der Waals surface area contributed by atoms with Crippen LogP contribution in [0.4, 0.5) is 13.6 Å². The zero-order valence-corrected chi connectivity index (χ0v) is 13.9. The van der Waals surface area contributed by atoms with Crippen LogP contribution in [0.2, 0.25) is 0 Å². The van der Waals surface area contributed by atoms with E-state index in [2.05, 4.69) is 4.99 Å². The van der Waals surface area contributed by atoms with E-state index < -0.39 is 35.5 Å². The fourth-order valence-electron chi connectivity index (χ4n) is 2.32. The van der Waals surface area contributed by atoms with Gasteiger partial charge < -0.3 is 4.74 Å². The van der Waals surface area contributed by atoms with Crippen LogP contribution in [-0.2, 0) is 4.79 Å². The molecule has 1 fully saturated rings. The Bertz CT molecular complexity index is 775. The molecule has 132 valence electrons. The van der Waals surface area contributed by atoms with E-state index >= 15 is 0 Å². The maximum atomic E-state index is 13.5. The maximum Gasteiger partial charge on any atom is 0.417 e. The average Bonchev–Trinajstić information content (AvgIpc) is 2.57. The van der Waals surface area contributed by atoms with Crippen molar-refractivity contribution in [2.45, 2.75) is 13.0 Å². The number of amides is 3. The third kappa shape index (κ3) is 3.74. The van der Waals surface area contributed by atoms with E-state index in [-0.39, 0.29) is 18.2 Å². The Morgan fingerprint density at radius 3 is 2.60 bits per heavy atom. The predicted molar refractivity (Wildman–Crippen MR) is 82.3 cm³/mol. The summed E-state index contributed by atoms with van der Waals surface area (Å²) in [5.74, 6) is -3.33. The summed E-state index contributed by atoms with van der Waals surface area (Å²) in [4.78, 5) is 29.0. The van der Waals surface area contributed by atoms with Crippen molar-refractivity contribution in [2.24, 2.45) is 5.92 Å². The molecule has 0 aliphatic carbocycles. The number of carbonyl (C=O) groups is 2. The Hall–Kier alpha value is -3.02. The van der Waals surface area contributed by atoms with Gasteiger partial charge in [0.2, 0.25) is 5.92 Å². The molecule has 2 atom stereocenters. The minimum absolute atomic E-state index is 0.0315. The Morgan fingerprint density at radius 1 is 1.32 bits per heavy atom. The third-order valence-electron chi connectivity index (χ3n) is 3.69. The summed E-state index contributed by atoms with van der Waals surface area (Å²) in [5.41, 5.74) is 0. The van der Waals surface area contributed by atoms with Crippen LogP contribution in [0.3, 0.4) is 0 Å². The highest BCUT2D eigenvalue weighted by molar-refractivity contribution is 6.17. The fourth-order valence-corrected chi connectivity index (χ4v) is 2.32. The van der Waals surface area contributed by atoms with Crippen molar-refractivity contribution in [2.75, 3.05) is 20.7 Å². The van der Waals surface area contributed by atoms with Crippen LogP contribution in [0.25, 0.3) is 0 Å². The summed E-state index contributed by atoms with van der Waals surface area (Å²) in [6.45, 7) is 1.64. The smallest absolute Gasteiger partial charge is 0.417 e. The number of urea groups is 1. The zero-order chi connectivity index (χ0) is 18.7. The van der Waals surface area contributed by atoms with Crippen molar-refractivity contribution in [3.63, 3.8) is 0 Å². The largest absolute Gasteiger partial charge is 0.486 e. The molecule has 0 spiro atoms. The fraction of sp³-hybridized carbons (Fsp3) is 0.375. The van der Waals surface area contributed by atoms with E-state index in [4.69, 9.17) is 4.74 Å². The van der Waals surface area contributed by atoms with Crippen molar-refractivity contribution in [3.05, 3.63) is 29.8 Å². The van der Waals surface area contributed by atoms with Crippen molar-refractivity contribution in [3.8, 4) is 11.8 Å². The van der Waals surface area contributed by atoms with Gasteiger partial charge in [0.25, 0.3) is 11.7 Å². The van der Waals surface area contributed by atoms with Crippen molar-refractivity contribution in [1.29, 1.82) is 5.26 Å². The van der Waals surface area contributed by atoms with Gasteiger partial charge in [0.15, 0.2) is 11.6 Å². The van der Waals surface area contributed by atoms with E-state index in [1.807, 2.05) is 6.07 Å². The molecule has 1 aliphatic rings. The summed E-state index contributed by atoms with van der Waals surface area (Å²) in [5, 5.41) is 9.22. The number of amidine groups is 1. The first kappa shape index (κ1) is 18.3. The first-order valence-electron chi connectivity index (χ1n) is 7.42. The Kier molecular flexibility index (Phi) is 5.32. The Labute approximate surface area is 143 Å². The molecule has 1 N–H and O–H groups in total. The minimum Gasteiger partial charge on any atom is -0.486 e. The summed E-state index contributed by atoms with van der Waals surface area (Å²) in [7, 11) is 2.73. The number of ether oxygens (including phenoxy) is 1. The van der Waals surface area contributed by atoms with Gasteiger partial charge in [-0.15, -0.1) is 0 Å². The van der Waals surface area contributed by atoms with Crippen molar-refractivity contribution < 1.29 is 28.1 Å². The molecule has 3 amide bonds. The summed E-state index contributed by atoms with van der Waals surface area (Å²) in [6, 6.07) is 3.76. The van der Waals surface area contributed by atoms with Gasteiger partial charge in [-0.1, -0.05) is 0 Å². The first-order valence-corrected chi connectivity index (χ1v) is 7.42. The van der Waals surface area contributed by atoms with E-state index in [0.717, 1.165) is 17.0 Å². The molecule has 2 rings (SSSR count). The van der Waals surface area contributed by atoms with Crippen LogP contribution in [0.1, 0.15) is 6.92 Å². The molecule has 0 saturated carbocycles. The van der Waals surface area contributed by atoms with Crippen LogP contribution in [0, 0.1) is 28.9 Å². The number of nitriles is 1. The van der Waals surface area contributed by atoms with Gasteiger partial charge in [-0.3, -0.25) is 9.79 Å². The van der Waals surface area contributed by atoms with E-state index in [1.165, 1.54) is 19.0 Å². The number of benzene rings is 1. The monoisotopic (exact) mass is 351 g/mol. The SMILES string of the molecule is CC(COc1ccc(F)cc1F)[NH+]=C1C(C#N)C(=O)N(C)C(=O)N1C. The van der Waals surface area contributed by atoms with Crippen LogP contribution in [0.5, 0.6) is 5.75 Å². The van der Waals surface area contributed by atoms with Gasteiger partial charge >= 0.3 is 6.03 Å². The molecule has 1 heterocycles. The molecular formula is C16H17F2N4O3+. The number of halogens is 2. The van der Waals surface area contributed by atoms with Crippen LogP contribution >= 0.6 is 0 Å². The number of imide groups is 1. The topological polar surface area (TPSA) is 87.6 Å². The minimum atomic E-state index is -1.15. The van der Waals surface area contributed by atoms with E-state index in [9.17, 15) is 23.6 Å². The first-order chi connectivity index (χ1) is 11.8. The van der Waals surface area contributed by atoms with Gasteiger partial charge in [-0.05, 0) is 19.1 Å². The van der Waals surface area contributed by atoms with Gasteiger partial charge in [0.05, 0.1) is 13.1 Å². The number of nitrogens with one attached hydrogen (secondary N) is 1. The summed E-state index contributed by atoms with van der Waals surface area (Å²) >= 11 is 0. The molecule has 1 aromatic carbocycles. The van der Waals surface area contributed by atoms with Crippen LogP contribution < -0.4 is 9.73 Å². The van der Waals surface area contributed by atoms with Gasteiger partial charge in [-0.25, -0.2) is 18.5 Å². The van der Waals surface area contributed by atoms with Crippen molar-refractivity contribution >= 4 is 17.8 Å². The molecule has 1 aromatic rings. The highest BCUT2D eigenvalue weighted by atomic mass is 19.1. The Morgan fingerprint density at radius 2 is 2.00 bits per heavy atom. The van der Waals surface area contributed by atoms with Gasteiger partial charge in [-0.2, -0.15) is 10.2 Å². The Balaban J connectivity index is 2.15. The molecule has 9 heteroatoms. The van der Waals surface area contributed by atoms with Gasteiger partial charge in [0, 0.05) is 13.1 Å². The second-order valence-corrected chi connectivity index (χ2v) is 5.62. The summed E-state index contributed by atoms with van der Waals surface area (Å²) < 4.78 is 31.7. The lowest BCUT2D eigenvalue weighted by molar-refractivity contribution is -0.507. The van der Waals surface area contributed by atoms with Crippen LogP contribution in [-0.4, -0.2) is 54.3 Å². The highest BCUT2D eigenvalue weighted by Gasteiger charge is 2.47. The van der Waals surface area contributed by atoms with Gasteiger partial charge in [0.1, 0.15) is 18.5 Å². The average molecular weight is 351 g/mol. The standard InChI is InChI=1S/C16H16F2N4O3/c1-9(8-25-13-5-4-10(17)6-12(13)18)20-14-11(7-19)15(23)22(3)16(24)21(14)2/h4-6,9,11H,8H2,1-3H3/p+1. The molecule has 0 aromatic heterocycles. The molecule has 0 bridgehead atoms. The molecule has 2 unspecified atom stereocenters. The number of nitrogens with zero attached hydrogens (tertiary/aromatic N) is 3. The van der Waals surface area contributed by atoms with E-state index in [1.54, 1.807) is 6.92 Å². The zero-order valence-electron chi connectivity index (χ0n) is 13.9. The second-order valence-electron chi connectivity index (χ2n) is 5.62. The highest BCUT2D eigenvalue weighted by Crippen LogP contribution is 2.17. The number of carbonyl (C=O) groups excluding carboxylic acids is 2. The molecular weight excluding hydrogens is 334 g/mol. The van der Waals surface area contributed by atoms with Crippen molar-refractivity contribution in [1.82, 2.24) is 9.80 Å². The number of hydrogen-bond acceptors (Lipinski definition) is 4. The lowest BCUT2D eigenvalue weighted by Gasteiger charge is -2.27. The normalized spacial score (nSPS) is 20.6. The summed E-state index contributed by atoms with van der Waals surface area (Å²) in [6.07, 6.45) is 0. The molecule has 25 heavy (non-hydrogen) atoms. The lowest BCUT2D eigenvalue weighted by Crippen LogP contribution is -2.86. The molecule has 1 aliphatic heterocycles. The van der Waals surface area contributed by atoms with E-state index in [0.29, 0.717) is 6.07 Å². The second kappa shape index (κ2) is 7.25.